The van der Waals surface area contributed by atoms with Gasteiger partial charge in [-0.3, -0.25) is 0 Å². The van der Waals surface area contributed by atoms with Gasteiger partial charge in [0.05, 0.1) is 0 Å². The molecule has 1 atom stereocenters. The van der Waals surface area contributed by atoms with E-state index >= 15 is 0 Å². The molecule has 0 amide bonds. The minimum Gasteiger partial charge on any atom is -0.485 e. The molecule has 0 aliphatic rings. The van der Waals surface area contributed by atoms with Gasteiger partial charge in [-0.2, -0.15) is 5.26 Å². The van der Waals surface area contributed by atoms with Gasteiger partial charge < -0.3 is 4.74 Å². The molecule has 0 aliphatic carbocycles. The topological polar surface area (TPSA) is 33.0 Å². The van der Waals surface area contributed by atoms with Crippen LogP contribution in [0, 0.1) is 20.7 Å². The molecular weight excluding hydrogens is 356 g/mol. The van der Waals surface area contributed by atoms with Crippen molar-refractivity contribution in [1.82, 2.24) is 0 Å². The van der Waals surface area contributed by atoms with Gasteiger partial charge >= 0.3 is 0 Å². The Morgan fingerprint density at radius 3 is 2.68 bits per heavy atom. The molecule has 0 spiro atoms. The maximum absolute atomic E-state index is 13.5. The standard InChI is InChI=1S/C15H11FINO/c1-10(11-4-2-5-12(17)8-11)19-15-7-3-6-14(16)13(15)9-18/h2-8,10H,1H3. The van der Waals surface area contributed by atoms with Crippen LogP contribution in [-0.2, 0) is 0 Å². The first kappa shape index (κ1) is 13.8. The molecule has 19 heavy (non-hydrogen) atoms. The zero-order valence-electron chi connectivity index (χ0n) is 10.2. The Morgan fingerprint density at radius 2 is 2.00 bits per heavy atom. The highest BCUT2D eigenvalue weighted by Crippen LogP contribution is 2.27. The second kappa shape index (κ2) is 6.02. The van der Waals surface area contributed by atoms with Crippen LogP contribution in [0.5, 0.6) is 5.75 Å². The summed E-state index contributed by atoms with van der Waals surface area (Å²) >= 11 is 2.22. The Morgan fingerprint density at radius 1 is 1.26 bits per heavy atom. The second-order valence-electron chi connectivity index (χ2n) is 4.04. The van der Waals surface area contributed by atoms with E-state index in [4.69, 9.17) is 10.00 Å². The molecule has 2 nitrogen and oxygen atoms in total. The van der Waals surface area contributed by atoms with Crippen LogP contribution in [0.1, 0.15) is 24.2 Å². The van der Waals surface area contributed by atoms with Gasteiger partial charge in [-0.25, -0.2) is 4.39 Å². The van der Waals surface area contributed by atoms with Gasteiger partial charge in [-0.15, -0.1) is 0 Å². The van der Waals surface area contributed by atoms with Crippen molar-refractivity contribution in [3.8, 4) is 11.8 Å². The fraction of sp³-hybridized carbons (Fsp3) is 0.133. The zero-order valence-corrected chi connectivity index (χ0v) is 12.4. The molecule has 0 bridgehead atoms. The summed E-state index contributed by atoms with van der Waals surface area (Å²) in [7, 11) is 0. The van der Waals surface area contributed by atoms with Crippen LogP contribution in [0.2, 0.25) is 0 Å². The lowest BCUT2D eigenvalue weighted by Gasteiger charge is -2.16. The van der Waals surface area contributed by atoms with Crippen molar-refractivity contribution in [3.05, 3.63) is 63.0 Å². The first-order valence-corrected chi connectivity index (χ1v) is 6.80. The molecule has 1 unspecified atom stereocenters. The third-order valence-electron chi connectivity index (χ3n) is 2.71. The van der Waals surface area contributed by atoms with Crippen LogP contribution in [-0.4, -0.2) is 0 Å². The summed E-state index contributed by atoms with van der Waals surface area (Å²) < 4.78 is 20.3. The molecule has 0 radical (unpaired) electrons. The van der Waals surface area contributed by atoms with Crippen molar-refractivity contribution in [2.75, 3.05) is 0 Å². The molecule has 2 rings (SSSR count). The normalized spacial score (nSPS) is 11.7. The van der Waals surface area contributed by atoms with Crippen LogP contribution < -0.4 is 4.74 Å². The Hall–Kier alpha value is -1.61. The van der Waals surface area contributed by atoms with Crippen LogP contribution >= 0.6 is 22.6 Å². The summed E-state index contributed by atoms with van der Waals surface area (Å²) in [6.45, 7) is 1.87. The summed E-state index contributed by atoms with van der Waals surface area (Å²) in [4.78, 5) is 0. The second-order valence-corrected chi connectivity index (χ2v) is 5.29. The molecule has 2 aromatic carbocycles. The minimum atomic E-state index is -0.560. The molecule has 0 heterocycles. The lowest BCUT2D eigenvalue weighted by atomic mass is 10.1. The number of benzene rings is 2. The van der Waals surface area contributed by atoms with Crippen LogP contribution in [0.3, 0.4) is 0 Å². The van der Waals surface area contributed by atoms with Crippen molar-refractivity contribution < 1.29 is 9.13 Å². The fourth-order valence-electron chi connectivity index (χ4n) is 1.73. The van der Waals surface area contributed by atoms with Gasteiger partial charge in [0.15, 0.2) is 0 Å². The number of nitriles is 1. The van der Waals surface area contributed by atoms with E-state index in [0.29, 0.717) is 0 Å². The predicted octanol–water partition coefficient (Wildman–Crippen LogP) is 4.44. The molecular formula is C15H11FINO. The maximum Gasteiger partial charge on any atom is 0.144 e. The van der Waals surface area contributed by atoms with Crippen LogP contribution in [0.25, 0.3) is 0 Å². The zero-order chi connectivity index (χ0) is 13.8. The third-order valence-corrected chi connectivity index (χ3v) is 3.38. The minimum absolute atomic E-state index is 0.0556. The van der Waals surface area contributed by atoms with E-state index in [9.17, 15) is 4.39 Å². The van der Waals surface area contributed by atoms with Crippen LogP contribution in [0.4, 0.5) is 4.39 Å². The Kier molecular flexibility index (Phi) is 4.38. The molecule has 0 aromatic heterocycles. The molecule has 0 N–H and O–H groups in total. The summed E-state index contributed by atoms with van der Waals surface area (Å²) in [6.07, 6.45) is -0.247. The SMILES string of the molecule is CC(Oc1cccc(F)c1C#N)c1cccc(I)c1. The highest BCUT2D eigenvalue weighted by Gasteiger charge is 2.13. The lowest BCUT2D eigenvalue weighted by molar-refractivity contribution is 0.225. The summed E-state index contributed by atoms with van der Waals surface area (Å²) in [5.74, 6) is -0.288. The van der Waals surface area contributed by atoms with Crippen molar-refractivity contribution in [2.24, 2.45) is 0 Å². The average molecular weight is 367 g/mol. The molecule has 0 saturated carbocycles. The van der Waals surface area contributed by atoms with Gasteiger partial charge in [0.2, 0.25) is 0 Å². The highest BCUT2D eigenvalue weighted by molar-refractivity contribution is 14.1. The quantitative estimate of drug-likeness (QED) is 0.752. The van der Waals surface area contributed by atoms with Crippen molar-refractivity contribution in [1.29, 1.82) is 5.26 Å². The molecule has 0 saturated heterocycles. The fourth-order valence-corrected chi connectivity index (χ4v) is 2.30. The van der Waals surface area contributed by atoms with Gasteiger partial charge in [-0.05, 0) is 59.3 Å². The van der Waals surface area contributed by atoms with Gasteiger partial charge in [-0.1, -0.05) is 18.2 Å². The summed E-state index contributed by atoms with van der Waals surface area (Å²) in [5.41, 5.74) is 0.931. The predicted molar refractivity (Wildman–Crippen MR) is 79.3 cm³/mol. The molecule has 4 heteroatoms. The molecule has 96 valence electrons. The van der Waals surface area contributed by atoms with Gasteiger partial charge in [0, 0.05) is 3.57 Å². The average Bonchev–Trinajstić information content (AvgIpc) is 2.39. The van der Waals surface area contributed by atoms with E-state index in [1.165, 1.54) is 12.1 Å². The van der Waals surface area contributed by atoms with Crippen molar-refractivity contribution in [2.45, 2.75) is 13.0 Å². The molecule has 0 fully saturated rings. The largest absolute Gasteiger partial charge is 0.485 e. The van der Waals surface area contributed by atoms with Gasteiger partial charge in [0.1, 0.15) is 29.3 Å². The number of hydrogen-bond donors (Lipinski definition) is 0. The van der Waals surface area contributed by atoms with E-state index in [-0.39, 0.29) is 17.4 Å². The molecule has 0 aliphatic heterocycles. The first-order chi connectivity index (χ1) is 9.11. The Bertz CT molecular complexity index is 636. The van der Waals surface area contributed by atoms with Crippen LogP contribution in [0.15, 0.2) is 42.5 Å². The maximum atomic E-state index is 13.5. The third kappa shape index (κ3) is 3.24. The number of hydrogen-bond acceptors (Lipinski definition) is 2. The number of rotatable bonds is 3. The van der Waals surface area contributed by atoms with E-state index in [1.54, 1.807) is 6.07 Å². The first-order valence-electron chi connectivity index (χ1n) is 5.72. The monoisotopic (exact) mass is 367 g/mol. The summed E-state index contributed by atoms with van der Waals surface area (Å²) in [6, 6.07) is 14.1. The van der Waals surface area contributed by atoms with Crippen molar-refractivity contribution >= 4 is 22.6 Å². The van der Waals surface area contributed by atoms with E-state index < -0.39 is 5.82 Å². The highest BCUT2D eigenvalue weighted by atomic mass is 127. The smallest absolute Gasteiger partial charge is 0.144 e. The lowest BCUT2D eigenvalue weighted by Crippen LogP contribution is -2.05. The van der Waals surface area contributed by atoms with E-state index in [1.807, 2.05) is 37.3 Å². The van der Waals surface area contributed by atoms with Crippen molar-refractivity contribution in [3.63, 3.8) is 0 Å². The Labute approximate surface area is 125 Å². The number of halogens is 2. The number of nitrogens with zero attached hydrogens (tertiary/aromatic N) is 1. The summed E-state index contributed by atoms with van der Waals surface area (Å²) in [5, 5.41) is 8.96. The van der Waals surface area contributed by atoms with E-state index in [2.05, 4.69) is 22.6 Å². The molecule has 2 aromatic rings. The van der Waals surface area contributed by atoms with Gasteiger partial charge in [0.25, 0.3) is 0 Å². The number of ether oxygens (including phenoxy) is 1. The Balaban J connectivity index is 2.27. The van der Waals surface area contributed by atoms with E-state index in [0.717, 1.165) is 9.13 Å².